The summed E-state index contributed by atoms with van der Waals surface area (Å²) in [7, 11) is 0. The Labute approximate surface area is 148 Å². The Morgan fingerprint density at radius 3 is 2.96 bits per heavy atom. The first-order valence-corrected chi connectivity index (χ1v) is 8.72. The van der Waals surface area contributed by atoms with Crippen LogP contribution in [0.5, 0.6) is 0 Å². The highest BCUT2D eigenvalue weighted by Crippen LogP contribution is 2.14. The Balaban J connectivity index is 1.55. The number of benzene rings is 1. The number of urea groups is 1. The molecule has 1 fully saturated rings. The maximum atomic E-state index is 12.5. The lowest BCUT2D eigenvalue weighted by Crippen LogP contribution is -2.52. The maximum Gasteiger partial charge on any atom is 0.317 e. The number of nitrogens with one attached hydrogen (secondary N) is 1. The smallest absolute Gasteiger partial charge is 0.317 e. The van der Waals surface area contributed by atoms with Crippen molar-refractivity contribution in [1.29, 1.82) is 0 Å². The number of nitrogens with zero attached hydrogens (tertiary/aromatic N) is 4. The van der Waals surface area contributed by atoms with Gasteiger partial charge in [0.05, 0.1) is 18.8 Å². The fourth-order valence-corrected chi connectivity index (χ4v) is 3.07. The van der Waals surface area contributed by atoms with Crippen LogP contribution in [0.25, 0.3) is 0 Å². The monoisotopic (exact) mass is 343 g/mol. The minimum atomic E-state index is -0.0321. The number of amides is 2. The molecule has 0 bridgehead atoms. The molecule has 7 nitrogen and oxygen atoms in total. The van der Waals surface area contributed by atoms with Crippen molar-refractivity contribution in [3.05, 3.63) is 48.0 Å². The van der Waals surface area contributed by atoms with E-state index in [0.717, 1.165) is 17.5 Å². The first-order valence-electron chi connectivity index (χ1n) is 8.72. The number of hydrogen-bond donors (Lipinski definition) is 1. The number of rotatable bonds is 5. The number of carbonyl (C=O) groups excluding carboxylic acids is 1. The summed E-state index contributed by atoms with van der Waals surface area (Å²) in [6.07, 6.45) is 4.34. The highest BCUT2D eigenvalue weighted by molar-refractivity contribution is 5.74. The Morgan fingerprint density at radius 1 is 1.36 bits per heavy atom. The van der Waals surface area contributed by atoms with Crippen LogP contribution in [0, 0.1) is 0 Å². The molecule has 2 amide bonds. The number of hydrogen-bond acceptors (Lipinski definition) is 4. The third-order valence-electron chi connectivity index (χ3n) is 4.32. The van der Waals surface area contributed by atoms with Crippen LogP contribution >= 0.6 is 0 Å². The molecular formula is C18H25N5O2. The van der Waals surface area contributed by atoms with E-state index < -0.39 is 0 Å². The molecule has 1 saturated heterocycles. The van der Waals surface area contributed by atoms with E-state index in [1.54, 1.807) is 11.0 Å². The van der Waals surface area contributed by atoms with E-state index in [2.05, 4.69) is 28.4 Å². The second kappa shape index (κ2) is 8.11. The summed E-state index contributed by atoms with van der Waals surface area (Å²) in [6.45, 7) is 6.55. The predicted octanol–water partition coefficient (Wildman–Crippen LogP) is 2.04. The Morgan fingerprint density at radius 2 is 2.20 bits per heavy atom. The summed E-state index contributed by atoms with van der Waals surface area (Å²) in [5.41, 5.74) is 2.20. The van der Waals surface area contributed by atoms with E-state index in [0.29, 0.717) is 26.2 Å². The van der Waals surface area contributed by atoms with Crippen LogP contribution in [0.4, 0.5) is 4.79 Å². The van der Waals surface area contributed by atoms with Crippen molar-refractivity contribution in [2.45, 2.75) is 45.6 Å². The lowest BCUT2D eigenvalue weighted by molar-refractivity contribution is -0.0646. The third-order valence-corrected chi connectivity index (χ3v) is 4.32. The van der Waals surface area contributed by atoms with Crippen LogP contribution in [0.3, 0.4) is 0 Å². The number of carbonyl (C=O) groups is 1. The normalized spacial score (nSPS) is 20.5. The fourth-order valence-electron chi connectivity index (χ4n) is 3.07. The predicted molar refractivity (Wildman–Crippen MR) is 94.0 cm³/mol. The van der Waals surface area contributed by atoms with Crippen molar-refractivity contribution in [3.63, 3.8) is 0 Å². The molecule has 1 aromatic heterocycles. The van der Waals surface area contributed by atoms with Gasteiger partial charge in [0.25, 0.3) is 0 Å². The van der Waals surface area contributed by atoms with Crippen LogP contribution in [-0.4, -0.2) is 51.0 Å². The van der Waals surface area contributed by atoms with Gasteiger partial charge in [-0.2, -0.15) is 5.10 Å². The molecule has 1 aliphatic rings. The molecule has 1 aliphatic heterocycles. The van der Waals surface area contributed by atoms with Gasteiger partial charge in [0.2, 0.25) is 0 Å². The molecule has 2 heterocycles. The van der Waals surface area contributed by atoms with Crippen molar-refractivity contribution in [3.8, 4) is 0 Å². The molecule has 134 valence electrons. The average Bonchev–Trinajstić information content (AvgIpc) is 3.12. The highest BCUT2D eigenvalue weighted by atomic mass is 16.5. The molecule has 7 heteroatoms. The third kappa shape index (κ3) is 4.79. The lowest BCUT2D eigenvalue weighted by Gasteiger charge is -2.36. The number of aromatic nitrogens is 3. The molecule has 0 spiro atoms. The first-order chi connectivity index (χ1) is 12.1. The van der Waals surface area contributed by atoms with Gasteiger partial charge in [0, 0.05) is 19.6 Å². The molecule has 2 aromatic rings. The molecule has 0 radical (unpaired) electrons. The van der Waals surface area contributed by atoms with Crippen molar-refractivity contribution in [1.82, 2.24) is 25.0 Å². The van der Waals surface area contributed by atoms with Crippen molar-refractivity contribution in [2.75, 3.05) is 13.1 Å². The van der Waals surface area contributed by atoms with Crippen molar-refractivity contribution in [2.24, 2.45) is 0 Å². The zero-order chi connectivity index (χ0) is 17.6. The quantitative estimate of drug-likeness (QED) is 0.902. The topological polar surface area (TPSA) is 72.3 Å². The second-order valence-corrected chi connectivity index (χ2v) is 6.45. The van der Waals surface area contributed by atoms with Crippen LogP contribution in [-0.2, 0) is 17.8 Å². The van der Waals surface area contributed by atoms with Gasteiger partial charge in [0.1, 0.15) is 12.7 Å². The van der Waals surface area contributed by atoms with Gasteiger partial charge in [-0.05, 0) is 24.5 Å². The zero-order valence-corrected chi connectivity index (χ0v) is 14.8. The van der Waals surface area contributed by atoms with Crippen LogP contribution < -0.4 is 5.32 Å². The fraction of sp³-hybridized carbons (Fsp3) is 0.500. The van der Waals surface area contributed by atoms with E-state index in [-0.39, 0.29) is 18.2 Å². The molecule has 1 N–H and O–H groups in total. The van der Waals surface area contributed by atoms with Crippen molar-refractivity contribution < 1.29 is 9.53 Å². The van der Waals surface area contributed by atoms with Gasteiger partial charge in [-0.25, -0.2) is 14.5 Å². The summed E-state index contributed by atoms with van der Waals surface area (Å²) < 4.78 is 7.58. The molecule has 0 unspecified atom stereocenters. The minimum absolute atomic E-state index is 0.0321. The van der Waals surface area contributed by atoms with Crippen molar-refractivity contribution >= 4 is 6.03 Å². The second-order valence-electron chi connectivity index (χ2n) is 6.45. The number of ether oxygens (including phenoxy) is 1. The van der Waals surface area contributed by atoms with Gasteiger partial charge in [-0.1, -0.05) is 31.2 Å². The first kappa shape index (κ1) is 17.4. The van der Waals surface area contributed by atoms with E-state index in [4.69, 9.17) is 4.74 Å². The molecule has 3 rings (SSSR count). The molecule has 1 aromatic carbocycles. The highest BCUT2D eigenvalue weighted by Gasteiger charge is 2.27. The largest absolute Gasteiger partial charge is 0.372 e. The summed E-state index contributed by atoms with van der Waals surface area (Å²) in [5.74, 6) is 0. The SMILES string of the molecule is CC[C@@H]1CN(C(=O)NCc2cccc(Cn3cncn3)c2)C[C@H](C)O1. The Hall–Kier alpha value is -2.41. The molecule has 0 saturated carbocycles. The van der Waals surface area contributed by atoms with Gasteiger partial charge >= 0.3 is 6.03 Å². The van der Waals surface area contributed by atoms with E-state index in [9.17, 15) is 4.79 Å². The summed E-state index contributed by atoms with van der Waals surface area (Å²) in [6, 6.07) is 8.11. The summed E-state index contributed by atoms with van der Waals surface area (Å²) in [5, 5.41) is 7.13. The van der Waals surface area contributed by atoms with E-state index in [1.165, 1.54) is 6.33 Å². The Kier molecular flexibility index (Phi) is 5.65. The molecule has 25 heavy (non-hydrogen) atoms. The minimum Gasteiger partial charge on any atom is -0.372 e. The zero-order valence-electron chi connectivity index (χ0n) is 14.8. The molecular weight excluding hydrogens is 318 g/mol. The number of morpholine rings is 1. The van der Waals surface area contributed by atoms with Crippen LogP contribution in [0.15, 0.2) is 36.9 Å². The van der Waals surface area contributed by atoms with Gasteiger partial charge < -0.3 is 15.0 Å². The summed E-state index contributed by atoms with van der Waals surface area (Å²) in [4.78, 5) is 18.3. The molecule has 2 atom stereocenters. The maximum absolute atomic E-state index is 12.5. The van der Waals surface area contributed by atoms with Crippen LogP contribution in [0.2, 0.25) is 0 Å². The molecule has 0 aliphatic carbocycles. The van der Waals surface area contributed by atoms with Gasteiger partial charge in [-0.3, -0.25) is 0 Å². The Bertz CT molecular complexity index is 689. The average molecular weight is 343 g/mol. The van der Waals surface area contributed by atoms with E-state index in [1.807, 2.05) is 30.0 Å². The van der Waals surface area contributed by atoms with Gasteiger partial charge in [-0.15, -0.1) is 0 Å². The summed E-state index contributed by atoms with van der Waals surface area (Å²) >= 11 is 0. The van der Waals surface area contributed by atoms with E-state index >= 15 is 0 Å². The standard InChI is InChI=1S/C18H25N5O2/c1-3-17-11-22(9-14(2)25-17)18(24)20-8-15-5-4-6-16(7-15)10-23-13-19-12-21-23/h4-7,12-14,17H,3,8-11H2,1-2H3,(H,20,24)/t14-,17+/m0/s1. The lowest BCUT2D eigenvalue weighted by atomic mass is 10.1. The van der Waals surface area contributed by atoms with Crippen LogP contribution in [0.1, 0.15) is 31.4 Å². The van der Waals surface area contributed by atoms with Gasteiger partial charge in [0.15, 0.2) is 0 Å².